The molecule has 118 valence electrons. The molecule has 21 heavy (non-hydrogen) atoms. The molecule has 4 nitrogen and oxygen atoms in total. The Balaban J connectivity index is 2.88. The number of ether oxygens (including phenoxy) is 1. The third-order valence-corrected chi connectivity index (χ3v) is 3.22. The van der Waals surface area contributed by atoms with Crippen LogP contribution in [0.4, 0.5) is 0 Å². The van der Waals surface area contributed by atoms with Gasteiger partial charge < -0.3 is 15.4 Å². The van der Waals surface area contributed by atoms with Gasteiger partial charge in [0.25, 0.3) is 0 Å². The average molecular weight is 291 g/mol. The van der Waals surface area contributed by atoms with Crippen LogP contribution in [-0.4, -0.2) is 25.2 Å². The SMILES string of the molecule is CCNC(=NCc1ccc(C)cc1OC(C)CC)NCC. The van der Waals surface area contributed by atoms with Gasteiger partial charge in [-0.3, -0.25) is 0 Å². The number of hydrogen-bond acceptors (Lipinski definition) is 2. The lowest BCUT2D eigenvalue weighted by Crippen LogP contribution is -2.37. The summed E-state index contributed by atoms with van der Waals surface area (Å²) in [5.41, 5.74) is 2.33. The summed E-state index contributed by atoms with van der Waals surface area (Å²) < 4.78 is 6.02. The van der Waals surface area contributed by atoms with E-state index in [1.165, 1.54) is 5.56 Å². The fourth-order valence-corrected chi connectivity index (χ4v) is 1.88. The van der Waals surface area contributed by atoms with Gasteiger partial charge in [0.05, 0.1) is 12.6 Å². The predicted octanol–water partition coefficient (Wildman–Crippen LogP) is 3.25. The van der Waals surface area contributed by atoms with E-state index in [-0.39, 0.29) is 6.10 Å². The lowest BCUT2D eigenvalue weighted by atomic mass is 10.1. The van der Waals surface area contributed by atoms with Gasteiger partial charge in [0.15, 0.2) is 5.96 Å². The summed E-state index contributed by atoms with van der Waals surface area (Å²) in [5.74, 6) is 1.79. The van der Waals surface area contributed by atoms with Crippen molar-refractivity contribution >= 4 is 5.96 Å². The minimum atomic E-state index is 0.219. The smallest absolute Gasteiger partial charge is 0.191 e. The molecule has 0 radical (unpaired) electrons. The van der Waals surface area contributed by atoms with Gasteiger partial charge in [-0.25, -0.2) is 4.99 Å². The van der Waals surface area contributed by atoms with Gasteiger partial charge in [0.1, 0.15) is 5.75 Å². The Morgan fingerprint density at radius 1 is 1.19 bits per heavy atom. The molecule has 0 amide bonds. The highest BCUT2D eigenvalue weighted by Gasteiger charge is 2.08. The molecule has 0 saturated heterocycles. The van der Waals surface area contributed by atoms with E-state index in [2.05, 4.69) is 68.4 Å². The van der Waals surface area contributed by atoms with Crippen LogP contribution in [0.5, 0.6) is 5.75 Å². The molecular weight excluding hydrogens is 262 g/mol. The van der Waals surface area contributed by atoms with Crippen molar-refractivity contribution in [3.05, 3.63) is 29.3 Å². The largest absolute Gasteiger partial charge is 0.490 e. The first-order chi connectivity index (χ1) is 10.1. The van der Waals surface area contributed by atoms with Crippen molar-refractivity contribution in [1.29, 1.82) is 0 Å². The van der Waals surface area contributed by atoms with Gasteiger partial charge >= 0.3 is 0 Å². The minimum Gasteiger partial charge on any atom is -0.490 e. The number of guanidine groups is 1. The molecule has 0 aliphatic rings. The van der Waals surface area contributed by atoms with E-state index in [0.717, 1.165) is 36.8 Å². The third kappa shape index (κ3) is 6.06. The summed E-state index contributed by atoms with van der Waals surface area (Å²) in [7, 11) is 0. The fourth-order valence-electron chi connectivity index (χ4n) is 1.88. The van der Waals surface area contributed by atoms with Crippen LogP contribution in [0.25, 0.3) is 0 Å². The van der Waals surface area contributed by atoms with Crippen molar-refractivity contribution in [3.63, 3.8) is 0 Å². The maximum absolute atomic E-state index is 6.02. The lowest BCUT2D eigenvalue weighted by molar-refractivity contribution is 0.215. The number of nitrogens with zero attached hydrogens (tertiary/aromatic N) is 1. The lowest BCUT2D eigenvalue weighted by Gasteiger charge is -2.16. The molecule has 1 aromatic carbocycles. The second kappa shape index (κ2) is 9.27. The number of aliphatic imine (C=N–C) groups is 1. The van der Waals surface area contributed by atoms with E-state index < -0.39 is 0 Å². The van der Waals surface area contributed by atoms with Crippen LogP contribution in [0.15, 0.2) is 23.2 Å². The first kappa shape index (κ1) is 17.3. The van der Waals surface area contributed by atoms with Gasteiger partial charge in [0, 0.05) is 18.7 Å². The van der Waals surface area contributed by atoms with Gasteiger partial charge in [-0.15, -0.1) is 0 Å². The van der Waals surface area contributed by atoms with Crippen LogP contribution >= 0.6 is 0 Å². The van der Waals surface area contributed by atoms with Crippen LogP contribution < -0.4 is 15.4 Å². The van der Waals surface area contributed by atoms with Crippen LogP contribution in [0.2, 0.25) is 0 Å². The zero-order chi connectivity index (χ0) is 15.7. The highest BCUT2D eigenvalue weighted by atomic mass is 16.5. The first-order valence-electron chi connectivity index (χ1n) is 7.89. The Bertz CT molecular complexity index is 449. The normalized spacial score (nSPS) is 11.7. The Morgan fingerprint density at radius 3 is 2.43 bits per heavy atom. The summed E-state index contributed by atoms with van der Waals surface area (Å²) in [5, 5.41) is 6.47. The molecule has 0 aliphatic heterocycles. The van der Waals surface area contributed by atoms with Crippen LogP contribution in [0.3, 0.4) is 0 Å². The Kier molecular flexibility index (Phi) is 7.65. The number of nitrogens with one attached hydrogen (secondary N) is 2. The van der Waals surface area contributed by atoms with Gasteiger partial charge in [0.2, 0.25) is 0 Å². The number of aryl methyl sites for hydroxylation is 1. The maximum Gasteiger partial charge on any atom is 0.191 e. The van der Waals surface area contributed by atoms with Crippen LogP contribution in [-0.2, 0) is 6.54 Å². The van der Waals surface area contributed by atoms with Gasteiger partial charge in [-0.2, -0.15) is 0 Å². The summed E-state index contributed by atoms with van der Waals surface area (Å²) in [6, 6.07) is 6.30. The second-order valence-corrected chi connectivity index (χ2v) is 5.17. The molecule has 0 bridgehead atoms. The van der Waals surface area contributed by atoms with Crippen molar-refractivity contribution in [2.24, 2.45) is 4.99 Å². The maximum atomic E-state index is 6.02. The van der Waals surface area contributed by atoms with Crippen molar-refractivity contribution in [2.75, 3.05) is 13.1 Å². The zero-order valence-electron chi connectivity index (χ0n) is 14.0. The molecule has 1 atom stereocenters. The topological polar surface area (TPSA) is 45.7 Å². The third-order valence-electron chi connectivity index (χ3n) is 3.22. The van der Waals surface area contributed by atoms with Gasteiger partial charge in [-0.1, -0.05) is 19.1 Å². The Hall–Kier alpha value is -1.71. The van der Waals surface area contributed by atoms with E-state index in [0.29, 0.717) is 6.54 Å². The summed E-state index contributed by atoms with van der Waals surface area (Å²) in [6.45, 7) is 12.8. The molecule has 0 fully saturated rings. The van der Waals surface area contributed by atoms with Crippen LogP contribution in [0.1, 0.15) is 45.2 Å². The molecule has 2 N–H and O–H groups in total. The van der Waals surface area contributed by atoms with E-state index in [1.807, 2.05) is 0 Å². The molecule has 4 heteroatoms. The molecular formula is C17H29N3O. The fraction of sp³-hybridized carbons (Fsp3) is 0.588. The van der Waals surface area contributed by atoms with Crippen LogP contribution in [0, 0.1) is 6.92 Å². The molecule has 1 aromatic rings. The number of rotatable bonds is 7. The molecule has 0 spiro atoms. The standard InChI is InChI=1S/C17H29N3O/c1-6-14(5)21-16-11-13(4)9-10-15(16)12-20-17(18-7-2)19-8-3/h9-11,14H,6-8,12H2,1-5H3,(H2,18,19,20). The summed E-state index contributed by atoms with van der Waals surface area (Å²) in [4.78, 5) is 4.61. The second-order valence-electron chi connectivity index (χ2n) is 5.17. The molecule has 1 unspecified atom stereocenters. The summed E-state index contributed by atoms with van der Waals surface area (Å²) in [6.07, 6.45) is 1.22. The Labute approximate surface area is 129 Å². The van der Waals surface area contributed by atoms with E-state index in [1.54, 1.807) is 0 Å². The summed E-state index contributed by atoms with van der Waals surface area (Å²) >= 11 is 0. The predicted molar refractivity (Wildman–Crippen MR) is 90.1 cm³/mol. The van der Waals surface area contributed by atoms with E-state index in [9.17, 15) is 0 Å². The van der Waals surface area contributed by atoms with E-state index in [4.69, 9.17) is 4.74 Å². The van der Waals surface area contributed by atoms with Crippen molar-refractivity contribution < 1.29 is 4.74 Å². The van der Waals surface area contributed by atoms with Crippen molar-refractivity contribution in [2.45, 2.75) is 53.7 Å². The first-order valence-corrected chi connectivity index (χ1v) is 7.89. The number of benzene rings is 1. The Morgan fingerprint density at radius 2 is 1.86 bits per heavy atom. The molecule has 0 heterocycles. The quantitative estimate of drug-likeness (QED) is 0.599. The highest BCUT2D eigenvalue weighted by molar-refractivity contribution is 5.79. The molecule has 0 aliphatic carbocycles. The molecule has 1 rings (SSSR count). The zero-order valence-corrected chi connectivity index (χ0v) is 14.0. The van der Waals surface area contributed by atoms with E-state index >= 15 is 0 Å². The average Bonchev–Trinajstić information content (AvgIpc) is 2.46. The number of hydrogen-bond donors (Lipinski definition) is 2. The highest BCUT2D eigenvalue weighted by Crippen LogP contribution is 2.23. The minimum absolute atomic E-state index is 0.219. The molecule has 0 saturated carbocycles. The van der Waals surface area contributed by atoms with Crippen molar-refractivity contribution in [1.82, 2.24) is 10.6 Å². The molecule has 0 aromatic heterocycles. The van der Waals surface area contributed by atoms with Gasteiger partial charge in [-0.05, 0) is 45.7 Å². The monoisotopic (exact) mass is 291 g/mol. The van der Waals surface area contributed by atoms with Crippen molar-refractivity contribution in [3.8, 4) is 5.75 Å².